The number of rotatable bonds is 2. The third kappa shape index (κ3) is 2.59. The molecule has 5 heteroatoms. The highest BCUT2D eigenvalue weighted by Crippen LogP contribution is 2.13. The van der Waals surface area contributed by atoms with Crippen molar-refractivity contribution in [3.63, 3.8) is 0 Å². The number of pyridine rings is 1. The second-order valence-electron chi connectivity index (χ2n) is 2.57. The van der Waals surface area contributed by atoms with Gasteiger partial charge in [0.1, 0.15) is 11.4 Å². The Morgan fingerprint density at radius 3 is 2.54 bits per heavy atom. The molecule has 0 aliphatic carbocycles. The molecule has 0 radical (unpaired) electrons. The van der Waals surface area contributed by atoms with Crippen molar-refractivity contribution in [1.29, 1.82) is 0 Å². The van der Waals surface area contributed by atoms with Crippen molar-refractivity contribution in [2.75, 3.05) is 19.0 Å². The Labute approximate surface area is 82.6 Å². The van der Waals surface area contributed by atoms with Gasteiger partial charge in [0, 0.05) is 20.3 Å². The predicted octanol–water partition coefficient (Wildman–Crippen LogP) is 1.27. The van der Waals surface area contributed by atoms with Crippen LogP contribution < -0.4 is 4.90 Å². The second-order valence-corrected chi connectivity index (χ2v) is 2.57. The van der Waals surface area contributed by atoms with Crippen molar-refractivity contribution in [2.45, 2.75) is 0 Å². The number of anilines is 1. The number of nitrogens with zero attached hydrogens (tertiary/aromatic N) is 2. The molecule has 0 bridgehead atoms. The lowest BCUT2D eigenvalue weighted by atomic mass is 10.2. The first kappa shape index (κ1) is 11.7. The quantitative estimate of drug-likeness (QED) is 0.785. The SMILES string of the molecule is CN(C)c1ncccc1C(=O)O.Cl. The minimum atomic E-state index is -0.952. The van der Waals surface area contributed by atoms with E-state index in [2.05, 4.69) is 4.98 Å². The van der Waals surface area contributed by atoms with Gasteiger partial charge in [0.05, 0.1) is 0 Å². The fourth-order valence-electron chi connectivity index (χ4n) is 0.920. The number of halogens is 1. The van der Waals surface area contributed by atoms with Gasteiger partial charge in [0.2, 0.25) is 0 Å². The second kappa shape index (κ2) is 4.67. The Balaban J connectivity index is 0.00000144. The fraction of sp³-hybridized carbons (Fsp3) is 0.250. The van der Waals surface area contributed by atoms with E-state index in [0.717, 1.165) is 0 Å². The number of aromatic carboxylic acids is 1. The van der Waals surface area contributed by atoms with Crippen molar-refractivity contribution < 1.29 is 9.90 Å². The molecule has 13 heavy (non-hydrogen) atoms. The summed E-state index contributed by atoms with van der Waals surface area (Å²) in [6, 6.07) is 3.14. The van der Waals surface area contributed by atoms with Crippen LogP contribution in [0.3, 0.4) is 0 Å². The van der Waals surface area contributed by atoms with Crippen molar-refractivity contribution in [3.8, 4) is 0 Å². The molecule has 0 unspecified atom stereocenters. The summed E-state index contributed by atoms with van der Waals surface area (Å²) in [5.41, 5.74) is 0.225. The van der Waals surface area contributed by atoms with Crippen LogP contribution in [0.15, 0.2) is 18.3 Å². The van der Waals surface area contributed by atoms with Crippen molar-refractivity contribution in [3.05, 3.63) is 23.9 Å². The lowest BCUT2D eigenvalue weighted by molar-refractivity contribution is 0.0697. The van der Waals surface area contributed by atoms with Crippen molar-refractivity contribution >= 4 is 24.2 Å². The molecule has 1 N–H and O–H groups in total. The van der Waals surface area contributed by atoms with Gasteiger partial charge in [-0.2, -0.15) is 0 Å². The zero-order chi connectivity index (χ0) is 9.14. The van der Waals surface area contributed by atoms with Gasteiger partial charge in [-0.15, -0.1) is 12.4 Å². The number of carboxylic acids is 1. The maximum Gasteiger partial charge on any atom is 0.339 e. The van der Waals surface area contributed by atoms with E-state index in [0.29, 0.717) is 5.82 Å². The highest BCUT2D eigenvalue weighted by molar-refractivity contribution is 5.93. The number of hydrogen-bond donors (Lipinski definition) is 1. The van der Waals surface area contributed by atoms with Crippen LogP contribution in [0.25, 0.3) is 0 Å². The average molecular weight is 203 g/mol. The maximum atomic E-state index is 10.7. The molecule has 0 saturated heterocycles. The van der Waals surface area contributed by atoms with Crippen LogP contribution in [-0.4, -0.2) is 30.2 Å². The predicted molar refractivity (Wildman–Crippen MR) is 52.8 cm³/mol. The zero-order valence-corrected chi connectivity index (χ0v) is 8.21. The van der Waals surface area contributed by atoms with Crippen LogP contribution >= 0.6 is 12.4 Å². The normalized spacial score (nSPS) is 8.77. The van der Waals surface area contributed by atoms with Gasteiger partial charge in [-0.3, -0.25) is 0 Å². The van der Waals surface area contributed by atoms with Gasteiger partial charge in [-0.25, -0.2) is 9.78 Å². The van der Waals surface area contributed by atoms with Gasteiger partial charge >= 0.3 is 5.97 Å². The number of carbonyl (C=O) groups is 1. The topological polar surface area (TPSA) is 53.4 Å². The van der Waals surface area contributed by atoms with Crippen LogP contribution in [0.2, 0.25) is 0 Å². The van der Waals surface area contributed by atoms with Crippen molar-refractivity contribution in [1.82, 2.24) is 4.98 Å². The Kier molecular flexibility index (Phi) is 4.20. The van der Waals surface area contributed by atoms with Crippen molar-refractivity contribution in [2.24, 2.45) is 0 Å². The monoisotopic (exact) mass is 202 g/mol. The first-order valence-electron chi connectivity index (χ1n) is 3.48. The van der Waals surface area contributed by atoms with E-state index in [1.54, 1.807) is 31.3 Å². The smallest absolute Gasteiger partial charge is 0.339 e. The summed E-state index contributed by atoms with van der Waals surface area (Å²) < 4.78 is 0. The van der Waals surface area contributed by atoms with E-state index >= 15 is 0 Å². The molecule has 0 aliphatic heterocycles. The molecule has 0 saturated carbocycles. The summed E-state index contributed by atoms with van der Waals surface area (Å²) in [5.74, 6) is -0.475. The molecule has 1 heterocycles. The fourth-order valence-corrected chi connectivity index (χ4v) is 0.920. The lowest BCUT2D eigenvalue weighted by Crippen LogP contribution is -2.15. The molecule has 1 aromatic rings. The Hall–Kier alpha value is -1.29. The molecular formula is C8H11ClN2O2. The largest absolute Gasteiger partial charge is 0.478 e. The Morgan fingerprint density at radius 1 is 1.54 bits per heavy atom. The average Bonchev–Trinajstić information content (AvgIpc) is 2.04. The molecule has 0 spiro atoms. The van der Waals surface area contributed by atoms with Gasteiger partial charge in [0.25, 0.3) is 0 Å². The van der Waals surface area contributed by atoms with E-state index in [4.69, 9.17) is 5.11 Å². The van der Waals surface area contributed by atoms with Crippen LogP contribution in [0.1, 0.15) is 10.4 Å². The van der Waals surface area contributed by atoms with Gasteiger partial charge in [0.15, 0.2) is 0 Å². The first-order chi connectivity index (χ1) is 5.63. The molecular weight excluding hydrogens is 192 g/mol. The van der Waals surface area contributed by atoms with Crippen LogP contribution in [-0.2, 0) is 0 Å². The molecule has 0 aromatic carbocycles. The first-order valence-corrected chi connectivity index (χ1v) is 3.48. The molecule has 0 aliphatic rings. The molecule has 0 fully saturated rings. The van der Waals surface area contributed by atoms with E-state index < -0.39 is 5.97 Å². The molecule has 4 nitrogen and oxygen atoms in total. The lowest BCUT2D eigenvalue weighted by Gasteiger charge is -2.12. The molecule has 1 aromatic heterocycles. The standard InChI is InChI=1S/C8H10N2O2.ClH/c1-10(2)7-6(8(11)12)4-3-5-9-7;/h3-5H,1-2H3,(H,11,12);1H. The zero-order valence-electron chi connectivity index (χ0n) is 7.39. The Bertz CT molecular complexity index is 302. The minimum absolute atomic E-state index is 0. The summed E-state index contributed by atoms with van der Waals surface area (Å²) in [5, 5.41) is 8.75. The summed E-state index contributed by atoms with van der Waals surface area (Å²) >= 11 is 0. The van der Waals surface area contributed by atoms with Crippen LogP contribution in [0.5, 0.6) is 0 Å². The van der Waals surface area contributed by atoms with Gasteiger partial charge in [-0.05, 0) is 12.1 Å². The Morgan fingerprint density at radius 2 is 2.15 bits per heavy atom. The van der Waals surface area contributed by atoms with Gasteiger partial charge in [-0.1, -0.05) is 0 Å². The summed E-state index contributed by atoms with van der Waals surface area (Å²) in [6.45, 7) is 0. The summed E-state index contributed by atoms with van der Waals surface area (Å²) in [7, 11) is 3.52. The van der Waals surface area contributed by atoms with Crippen LogP contribution in [0, 0.1) is 0 Å². The number of carboxylic acid groups (broad SMARTS) is 1. The molecule has 1 rings (SSSR count). The molecule has 72 valence electrons. The minimum Gasteiger partial charge on any atom is -0.478 e. The third-order valence-corrected chi connectivity index (χ3v) is 1.44. The third-order valence-electron chi connectivity index (χ3n) is 1.44. The maximum absolute atomic E-state index is 10.7. The summed E-state index contributed by atoms with van der Waals surface area (Å²) in [6.07, 6.45) is 1.57. The van der Waals surface area contributed by atoms with Gasteiger partial charge < -0.3 is 10.0 Å². The highest BCUT2D eigenvalue weighted by atomic mass is 35.5. The van der Waals surface area contributed by atoms with E-state index in [1.807, 2.05) is 0 Å². The summed E-state index contributed by atoms with van der Waals surface area (Å²) in [4.78, 5) is 16.3. The van der Waals surface area contributed by atoms with Crippen LogP contribution in [0.4, 0.5) is 5.82 Å². The molecule has 0 amide bonds. The van der Waals surface area contributed by atoms with E-state index in [1.165, 1.54) is 6.07 Å². The van der Waals surface area contributed by atoms with E-state index in [9.17, 15) is 4.79 Å². The highest BCUT2D eigenvalue weighted by Gasteiger charge is 2.10. The number of hydrogen-bond acceptors (Lipinski definition) is 3. The molecule has 0 atom stereocenters. The number of aromatic nitrogens is 1. The van der Waals surface area contributed by atoms with E-state index in [-0.39, 0.29) is 18.0 Å².